The second kappa shape index (κ2) is 13.4. The summed E-state index contributed by atoms with van der Waals surface area (Å²) in [7, 11) is 0. The SMILES string of the molecule is CC1(C)c2ccccc2-c2cccc(N(c3ccc(-c4cccc5sc6ccccc6c45)cc3)c3ccc(-c4cccc5c4c4ccccc4n5-c4ccccc4)cc3)c21. The molecular formula is C57H40N2S. The van der Waals surface area contributed by atoms with Crippen molar-refractivity contribution in [2.24, 2.45) is 0 Å². The third-order valence-corrected chi connectivity index (χ3v) is 13.9. The van der Waals surface area contributed by atoms with Gasteiger partial charge in [0, 0.05) is 53.4 Å². The second-order valence-electron chi connectivity index (χ2n) is 16.5. The van der Waals surface area contributed by atoms with Crippen LogP contribution in [0.5, 0.6) is 0 Å². The van der Waals surface area contributed by atoms with E-state index in [0.717, 1.165) is 11.4 Å². The maximum atomic E-state index is 2.47. The summed E-state index contributed by atoms with van der Waals surface area (Å²) in [6.45, 7) is 4.76. The molecule has 0 fully saturated rings. The van der Waals surface area contributed by atoms with E-state index in [1.807, 2.05) is 11.3 Å². The lowest BCUT2D eigenvalue weighted by atomic mass is 9.81. The summed E-state index contributed by atoms with van der Waals surface area (Å²) in [4.78, 5) is 2.47. The molecule has 0 saturated heterocycles. The molecular weight excluding hydrogens is 745 g/mol. The molecule has 9 aromatic carbocycles. The van der Waals surface area contributed by atoms with Crippen LogP contribution in [0.2, 0.25) is 0 Å². The van der Waals surface area contributed by atoms with Gasteiger partial charge in [-0.15, -0.1) is 11.3 Å². The number of rotatable bonds is 6. The number of fused-ring (bicyclic) bond motifs is 9. The third kappa shape index (κ3) is 5.19. The minimum atomic E-state index is -0.182. The van der Waals surface area contributed by atoms with E-state index in [1.165, 1.54) is 97.9 Å². The first kappa shape index (κ1) is 34.8. The highest BCUT2D eigenvalue weighted by atomic mass is 32.1. The van der Waals surface area contributed by atoms with Gasteiger partial charge in [0.05, 0.1) is 16.7 Å². The van der Waals surface area contributed by atoms with E-state index >= 15 is 0 Å². The van der Waals surface area contributed by atoms with Gasteiger partial charge in [-0.25, -0.2) is 0 Å². The fourth-order valence-corrected chi connectivity index (χ4v) is 11.3. The summed E-state index contributed by atoms with van der Waals surface area (Å²) in [6, 6.07) is 76.0. The molecule has 0 amide bonds. The van der Waals surface area contributed by atoms with Gasteiger partial charge < -0.3 is 9.47 Å². The molecule has 1 aliphatic rings. The van der Waals surface area contributed by atoms with Gasteiger partial charge in [0.2, 0.25) is 0 Å². The van der Waals surface area contributed by atoms with E-state index in [0.29, 0.717) is 0 Å². The lowest BCUT2D eigenvalue weighted by molar-refractivity contribution is 0.661. The van der Waals surface area contributed by atoms with Gasteiger partial charge in [-0.2, -0.15) is 0 Å². The Kier molecular flexibility index (Phi) is 7.79. The lowest BCUT2D eigenvalue weighted by Gasteiger charge is -2.32. The zero-order valence-corrected chi connectivity index (χ0v) is 34.2. The maximum Gasteiger partial charge on any atom is 0.0547 e. The molecule has 284 valence electrons. The minimum absolute atomic E-state index is 0.182. The molecule has 0 saturated carbocycles. The number of nitrogens with zero attached hydrogens (tertiary/aromatic N) is 2. The number of anilines is 3. The fraction of sp³-hybridized carbons (Fsp3) is 0.0526. The number of aromatic nitrogens is 1. The molecule has 0 N–H and O–H groups in total. The average Bonchev–Trinajstić information content (AvgIpc) is 3.93. The quantitative estimate of drug-likeness (QED) is 0.163. The predicted molar refractivity (Wildman–Crippen MR) is 257 cm³/mol. The van der Waals surface area contributed by atoms with Crippen molar-refractivity contribution in [2.45, 2.75) is 19.3 Å². The molecule has 0 atom stereocenters. The number of benzene rings is 9. The van der Waals surface area contributed by atoms with Crippen molar-refractivity contribution in [3.8, 4) is 39.1 Å². The van der Waals surface area contributed by atoms with E-state index in [4.69, 9.17) is 0 Å². The van der Waals surface area contributed by atoms with Crippen LogP contribution >= 0.6 is 11.3 Å². The summed E-state index contributed by atoms with van der Waals surface area (Å²) in [5, 5.41) is 5.18. The topological polar surface area (TPSA) is 8.17 Å². The standard InChI is InChI=1S/C57H40N2S/c1-57(2)48-23-9-6-17-44(48)45-22-13-26-51(56(45)57)58(41-35-31-38(32-36-41)43-21-14-28-53-55(43)47-19-8-11-27-52(47)60-53)40-33-29-37(30-34-40)42-20-12-25-50-54(42)46-18-7-10-24-49(46)59(50)39-15-4-3-5-16-39/h3-36H,1-2H3. The van der Waals surface area contributed by atoms with Crippen LogP contribution in [0, 0.1) is 0 Å². The number of hydrogen-bond donors (Lipinski definition) is 0. The Morgan fingerprint density at radius 2 is 0.967 bits per heavy atom. The third-order valence-electron chi connectivity index (χ3n) is 12.8. The monoisotopic (exact) mass is 784 g/mol. The van der Waals surface area contributed by atoms with Crippen molar-refractivity contribution in [1.82, 2.24) is 4.57 Å². The first-order chi connectivity index (χ1) is 29.5. The van der Waals surface area contributed by atoms with Gasteiger partial charge in [-0.1, -0.05) is 153 Å². The van der Waals surface area contributed by atoms with Crippen molar-refractivity contribution in [2.75, 3.05) is 4.90 Å². The summed E-state index contributed by atoms with van der Waals surface area (Å²) in [5.74, 6) is 0. The normalized spacial score (nSPS) is 13.0. The Morgan fingerprint density at radius 1 is 0.417 bits per heavy atom. The van der Waals surface area contributed by atoms with Crippen LogP contribution in [0.25, 0.3) is 81.0 Å². The van der Waals surface area contributed by atoms with Crippen LogP contribution in [0.3, 0.4) is 0 Å². The van der Waals surface area contributed by atoms with Crippen LogP contribution in [0.15, 0.2) is 206 Å². The van der Waals surface area contributed by atoms with Crippen molar-refractivity contribution in [3.05, 3.63) is 217 Å². The van der Waals surface area contributed by atoms with Gasteiger partial charge in [-0.3, -0.25) is 0 Å². The highest BCUT2D eigenvalue weighted by molar-refractivity contribution is 7.25. The summed E-state index contributed by atoms with van der Waals surface area (Å²) >= 11 is 1.87. The number of hydrogen-bond acceptors (Lipinski definition) is 2. The van der Waals surface area contributed by atoms with Gasteiger partial charge in [0.1, 0.15) is 0 Å². The maximum absolute atomic E-state index is 2.47. The molecule has 1 aliphatic carbocycles. The van der Waals surface area contributed by atoms with Crippen LogP contribution in [0.4, 0.5) is 17.1 Å². The summed E-state index contributed by atoms with van der Waals surface area (Å²) in [6.07, 6.45) is 0. The van der Waals surface area contributed by atoms with Crippen LogP contribution < -0.4 is 4.90 Å². The fourth-order valence-electron chi connectivity index (χ4n) is 10.1. The van der Waals surface area contributed by atoms with E-state index < -0.39 is 0 Å². The smallest absolute Gasteiger partial charge is 0.0547 e. The summed E-state index contributed by atoms with van der Waals surface area (Å²) < 4.78 is 5.04. The van der Waals surface area contributed by atoms with Crippen molar-refractivity contribution in [1.29, 1.82) is 0 Å². The largest absolute Gasteiger partial charge is 0.310 e. The van der Waals surface area contributed by atoms with Crippen molar-refractivity contribution < 1.29 is 0 Å². The molecule has 12 rings (SSSR count). The Balaban J connectivity index is 1.02. The van der Waals surface area contributed by atoms with E-state index in [-0.39, 0.29) is 5.41 Å². The Morgan fingerprint density at radius 3 is 1.73 bits per heavy atom. The van der Waals surface area contributed by atoms with Crippen LogP contribution in [0.1, 0.15) is 25.0 Å². The first-order valence-corrected chi connectivity index (χ1v) is 21.6. The predicted octanol–water partition coefficient (Wildman–Crippen LogP) is 16.3. The second-order valence-corrected chi connectivity index (χ2v) is 17.5. The highest BCUT2D eigenvalue weighted by Crippen LogP contribution is 2.54. The van der Waals surface area contributed by atoms with E-state index in [1.54, 1.807) is 0 Å². The molecule has 0 spiro atoms. The molecule has 2 nitrogen and oxygen atoms in total. The van der Waals surface area contributed by atoms with Gasteiger partial charge in [0.15, 0.2) is 0 Å². The molecule has 11 aromatic rings. The average molecular weight is 785 g/mol. The van der Waals surface area contributed by atoms with Crippen molar-refractivity contribution >= 4 is 70.4 Å². The lowest BCUT2D eigenvalue weighted by Crippen LogP contribution is -2.20. The minimum Gasteiger partial charge on any atom is -0.310 e. The molecule has 0 unspecified atom stereocenters. The Hall–Kier alpha value is -7.20. The zero-order chi connectivity index (χ0) is 40.0. The highest BCUT2D eigenvalue weighted by Gasteiger charge is 2.38. The molecule has 2 aromatic heterocycles. The van der Waals surface area contributed by atoms with Crippen molar-refractivity contribution in [3.63, 3.8) is 0 Å². The molecule has 60 heavy (non-hydrogen) atoms. The van der Waals surface area contributed by atoms with E-state index in [2.05, 4.69) is 230 Å². The molecule has 0 radical (unpaired) electrons. The van der Waals surface area contributed by atoms with Crippen LogP contribution in [-0.4, -0.2) is 4.57 Å². The Bertz CT molecular complexity index is 3440. The number of thiophene rings is 1. The first-order valence-electron chi connectivity index (χ1n) is 20.8. The van der Waals surface area contributed by atoms with Gasteiger partial charge in [0.25, 0.3) is 0 Å². The molecule has 0 bridgehead atoms. The number of para-hydroxylation sites is 2. The molecule has 3 heteroatoms. The van der Waals surface area contributed by atoms with Crippen LogP contribution in [-0.2, 0) is 5.41 Å². The molecule has 2 heterocycles. The molecule has 0 aliphatic heterocycles. The Labute approximate surface area is 353 Å². The zero-order valence-electron chi connectivity index (χ0n) is 33.4. The van der Waals surface area contributed by atoms with Gasteiger partial charge in [-0.05, 0) is 111 Å². The van der Waals surface area contributed by atoms with Gasteiger partial charge >= 0.3 is 0 Å². The van der Waals surface area contributed by atoms with E-state index in [9.17, 15) is 0 Å². The summed E-state index contributed by atoms with van der Waals surface area (Å²) in [5.41, 5.74) is 17.1.